The minimum atomic E-state index is -3.15. The number of carbonyl (C=O) groups excluding carboxylic acids is 1. The molecule has 7 heteroatoms. The molecule has 0 spiro atoms. The highest BCUT2D eigenvalue weighted by molar-refractivity contribution is 7.91. The van der Waals surface area contributed by atoms with Crippen LogP contribution >= 0.6 is 0 Å². The summed E-state index contributed by atoms with van der Waals surface area (Å²) in [5.41, 5.74) is 1.08. The largest absolute Gasteiger partial charge is 0.508 e. The fourth-order valence-electron chi connectivity index (χ4n) is 1.82. The maximum Gasteiger partial charge on any atom is 0.219 e. The zero-order chi connectivity index (χ0) is 16.4. The van der Waals surface area contributed by atoms with Crippen molar-refractivity contribution in [3.63, 3.8) is 0 Å². The van der Waals surface area contributed by atoms with E-state index in [9.17, 15) is 13.2 Å². The third-order valence-corrected chi connectivity index (χ3v) is 4.83. The van der Waals surface area contributed by atoms with E-state index in [2.05, 4.69) is 10.6 Å². The van der Waals surface area contributed by atoms with Crippen LogP contribution in [0.2, 0.25) is 0 Å². The van der Waals surface area contributed by atoms with Gasteiger partial charge in [-0.25, -0.2) is 8.42 Å². The Kier molecular flexibility index (Phi) is 7.90. The number of phenols is 1. The standard InChI is InChI=1S/C15H24N2O4S/c1-2-15(19)17-10-12-22(20,21)11-9-16-8-7-13-3-5-14(18)6-4-13/h3-6,16,18H,2,7-12H2,1H3,(H,17,19). The summed E-state index contributed by atoms with van der Waals surface area (Å²) in [7, 11) is -3.15. The molecule has 0 fully saturated rings. The van der Waals surface area contributed by atoms with Crippen LogP contribution in [0.3, 0.4) is 0 Å². The Labute approximate surface area is 131 Å². The SMILES string of the molecule is CCC(=O)NCCS(=O)(=O)CCNCCc1ccc(O)cc1. The first-order valence-electron chi connectivity index (χ1n) is 7.38. The van der Waals surface area contributed by atoms with Crippen molar-refractivity contribution in [2.24, 2.45) is 0 Å². The molecule has 6 nitrogen and oxygen atoms in total. The van der Waals surface area contributed by atoms with Crippen LogP contribution in [0.4, 0.5) is 0 Å². The van der Waals surface area contributed by atoms with E-state index in [0.29, 0.717) is 19.5 Å². The molecule has 1 amide bonds. The molecule has 0 aromatic heterocycles. The summed E-state index contributed by atoms with van der Waals surface area (Å²) in [4.78, 5) is 11.0. The smallest absolute Gasteiger partial charge is 0.219 e. The van der Waals surface area contributed by atoms with Gasteiger partial charge in [-0.05, 0) is 30.7 Å². The van der Waals surface area contributed by atoms with Crippen molar-refractivity contribution >= 4 is 15.7 Å². The van der Waals surface area contributed by atoms with Crippen molar-refractivity contribution in [1.82, 2.24) is 10.6 Å². The lowest BCUT2D eigenvalue weighted by Gasteiger charge is -2.07. The van der Waals surface area contributed by atoms with Crippen LogP contribution in [0, 0.1) is 0 Å². The fourth-order valence-corrected chi connectivity index (χ4v) is 2.89. The predicted molar refractivity (Wildman–Crippen MR) is 86.6 cm³/mol. The van der Waals surface area contributed by atoms with Crippen molar-refractivity contribution in [3.8, 4) is 5.75 Å². The highest BCUT2D eigenvalue weighted by Gasteiger charge is 2.10. The number of nitrogens with one attached hydrogen (secondary N) is 2. The highest BCUT2D eigenvalue weighted by Crippen LogP contribution is 2.09. The van der Waals surface area contributed by atoms with Crippen LogP contribution in [0.1, 0.15) is 18.9 Å². The van der Waals surface area contributed by atoms with Gasteiger partial charge in [-0.3, -0.25) is 4.79 Å². The van der Waals surface area contributed by atoms with Crippen LogP contribution in [-0.2, 0) is 21.1 Å². The normalized spacial score (nSPS) is 11.3. The zero-order valence-corrected chi connectivity index (χ0v) is 13.7. The quantitative estimate of drug-likeness (QED) is 0.543. The number of hydrogen-bond acceptors (Lipinski definition) is 5. The van der Waals surface area contributed by atoms with E-state index < -0.39 is 9.84 Å². The van der Waals surface area contributed by atoms with Gasteiger partial charge in [0.15, 0.2) is 9.84 Å². The second kappa shape index (κ2) is 9.42. The molecular weight excluding hydrogens is 304 g/mol. The molecular formula is C15H24N2O4S. The second-order valence-electron chi connectivity index (χ2n) is 5.02. The average molecular weight is 328 g/mol. The minimum absolute atomic E-state index is 0.0294. The van der Waals surface area contributed by atoms with Crippen molar-refractivity contribution in [1.29, 1.82) is 0 Å². The lowest BCUT2D eigenvalue weighted by molar-refractivity contribution is -0.120. The van der Waals surface area contributed by atoms with Crippen LogP contribution in [0.15, 0.2) is 24.3 Å². The van der Waals surface area contributed by atoms with Gasteiger partial charge in [-0.1, -0.05) is 19.1 Å². The monoisotopic (exact) mass is 328 g/mol. The lowest BCUT2D eigenvalue weighted by Crippen LogP contribution is -2.32. The molecule has 0 unspecified atom stereocenters. The summed E-state index contributed by atoms with van der Waals surface area (Å²) in [5, 5.41) is 14.8. The van der Waals surface area contributed by atoms with Crippen molar-refractivity contribution in [3.05, 3.63) is 29.8 Å². The Morgan fingerprint density at radius 1 is 1.09 bits per heavy atom. The van der Waals surface area contributed by atoms with E-state index >= 15 is 0 Å². The molecule has 1 aromatic carbocycles. The Morgan fingerprint density at radius 2 is 1.73 bits per heavy atom. The maximum atomic E-state index is 11.8. The van der Waals surface area contributed by atoms with Gasteiger partial charge in [0.1, 0.15) is 5.75 Å². The van der Waals surface area contributed by atoms with Gasteiger partial charge in [0.2, 0.25) is 5.91 Å². The first kappa shape index (κ1) is 18.4. The molecule has 0 radical (unpaired) electrons. The Morgan fingerprint density at radius 3 is 2.36 bits per heavy atom. The van der Waals surface area contributed by atoms with Crippen molar-refractivity contribution < 1.29 is 18.3 Å². The summed E-state index contributed by atoms with van der Waals surface area (Å²) < 4.78 is 23.5. The van der Waals surface area contributed by atoms with Crippen LogP contribution in [0.5, 0.6) is 5.75 Å². The van der Waals surface area contributed by atoms with E-state index in [4.69, 9.17) is 5.11 Å². The minimum Gasteiger partial charge on any atom is -0.508 e. The molecule has 0 saturated carbocycles. The second-order valence-corrected chi connectivity index (χ2v) is 7.33. The highest BCUT2D eigenvalue weighted by atomic mass is 32.2. The third kappa shape index (κ3) is 7.99. The fraction of sp³-hybridized carbons (Fsp3) is 0.533. The van der Waals surface area contributed by atoms with E-state index in [0.717, 1.165) is 12.0 Å². The van der Waals surface area contributed by atoms with Gasteiger partial charge in [0.05, 0.1) is 11.5 Å². The van der Waals surface area contributed by atoms with Crippen LogP contribution in [-0.4, -0.2) is 50.6 Å². The number of amides is 1. The van der Waals surface area contributed by atoms with Gasteiger partial charge >= 0.3 is 0 Å². The topological polar surface area (TPSA) is 95.5 Å². The molecule has 3 N–H and O–H groups in total. The summed E-state index contributed by atoms with van der Waals surface area (Å²) >= 11 is 0. The molecule has 0 bridgehead atoms. The summed E-state index contributed by atoms with van der Waals surface area (Å²) in [6.45, 7) is 2.96. The van der Waals surface area contributed by atoms with Crippen LogP contribution in [0.25, 0.3) is 0 Å². The van der Waals surface area contributed by atoms with E-state index in [-0.39, 0.29) is 29.7 Å². The average Bonchev–Trinajstić information content (AvgIpc) is 2.48. The van der Waals surface area contributed by atoms with Crippen LogP contribution < -0.4 is 10.6 Å². The first-order valence-corrected chi connectivity index (χ1v) is 9.21. The van der Waals surface area contributed by atoms with Gasteiger partial charge in [-0.2, -0.15) is 0 Å². The first-order chi connectivity index (χ1) is 10.4. The lowest BCUT2D eigenvalue weighted by atomic mass is 10.1. The number of benzene rings is 1. The number of hydrogen-bond donors (Lipinski definition) is 3. The maximum absolute atomic E-state index is 11.8. The molecule has 1 rings (SSSR count). The Hall–Kier alpha value is -1.60. The van der Waals surface area contributed by atoms with Gasteiger partial charge < -0.3 is 15.7 Å². The number of phenolic OH excluding ortho intramolecular Hbond substituents is 1. The van der Waals surface area contributed by atoms with Crippen molar-refractivity contribution in [2.45, 2.75) is 19.8 Å². The third-order valence-electron chi connectivity index (χ3n) is 3.17. The molecule has 0 aliphatic rings. The molecule has 0 aliphatic heterocycles. The molecule has 0 saturated heterocycles. The summed E-state index contributed by atoms with van der Waals surface area (Å²) in [6.07, 6.45) is 1.13. The molecule has 0 heterocycles. The summed E-state index contributed by atoms with van der Waals surface area (Å²) in [5.74, 6) is 0.128. The van der Waals surface area contributed by atoms with E-state index in [1.807, 2.05) is 12.1 Å². The van der Waals surface area contributed by atoms with Gasteiger partial charge in [0, 0.05) is 19.5 Å². The van der Waals surface area contributed by atoms with E-state index in [1.165, 1.54) is 0 Å². The number of sulfone groups is 1. The van der Waals surface area contributed by atoms with Gasteiger partial charge in [0.25, 0.3) is 0 Å². The number of aromatic hydroxyl groups is 1. The molecule has 22 heavy (non-hydrogen) atoms. The Bertz CT molecular complexity index is 555. The van der Waals surface area contributed by atoms with Crippen molar-refractivity contribution in [2.75, 3.05) is 31.1 Å². The molecule has 1 aromatic rings. The Balaban J connectivity index is 2.14. The molecule has 0 atom stereocenters. The van der Waals surface area contributed by atoms with E-state index in [1.54, 1.807) is 19.1 Å². The number of carbonyl (C=O) groups is 1. The zero-order valence-electron chi connectivity index (χ0n) is 12.8. The summed E-state index contributed by atoms with van der Waals surface area (Å²) in [6, 6.07) is 6.93. The molecule has 124 valence electrons. The molecule has 0 aliphatic carbocycles. The number of rotatable bonds is 10. The van der Waals surface area contributed by atoms with Gasteiger partial charge in [-0.15, -0.1) is 0 Å². The predicted octanol–water partition coefficient (Wildman–Crippen LogP) is 0.465.